The third kappa shape index (κ3) is 5.23. The lowest BCUT2D eigenvalue weighted by Gasteiger charge is -2.34. The lowest BCUT2D eigenvalue weighted by Crippen LogP contribution is -2.44. The molecular weight excluding hydrogens is 338 g/mol. The van der Waals surface area contributed by atoms with Crippen molar-refractivity contribution in [2.45, 2.75) is 26.4 Å². The highest BCUT2D eigenvalue weighted by Crippen LogP contribution is 2.20. The Hall–Kier alpha value is -2.53. The second-order valence-corrected chi connectivity index (χ2v) is 7.15. The monoisotopic (exact) mass is 367 g/mol. The molecule has 27 heavy (non-hydrogen) atoms. The molecule has 5 nitrogen and oxygen atoms in total. The molecule has 144 valence electrons. The summed E-state index contributed by atoms with van der Waals surface area (Å²) < 4.78 is 5.86. The van der Waals surface area contributed by atoms with Crippen molar-refractivity contribution < 1.29 is 9.53 Å². The van der Waals surface area contributed by atoms with Crippen LogP contribution in [0.3, 0.4) is 0 Å². The summed E-state index contributed by atoms with van der Waals surface area (Å²) in [4.78, 5) is 17.3. The number of amides is 1. The zero-order valence-electron chi connectivity index (χ0n) is 16.4. The molecule has 0 saturated carbocycles. The van der Waals surface area contributed by atoms with Crippen LogP contribution in [-0.2, 0) is 4.79 Å². The van der Waals surface area contributed by atoms with E-state index in [2.05, 4.69) is 34.3 Å². The molecule has 0 bridgehead atoms. The maximum atomic E-state index is 12.6. The molecule has 0 unspecified atom stereocenters. The third-order valence-electron chi connectivity index (χ3n) is 4.97. The fourth-order valence-electron chi connectivity index (χ4n) is 3.15. The molecule has 1 aliphatic rings. The molecule has 1 amide bonds. The Morgan fingerprint density at radius 3 is 2.26 bits per heavy atom. The number of piperazine rings is 1. The van der Waals surface area contributed by atoms with Gasteiger partial charge in [0, 0.05) is 37.6 Å². The Kier molecular flexibility index (Phi) is 6.35. The highest BCUT2D eigenvalue weighted by Gasteiger charge is 2.19. The van der Waals surface area contributed by atoms with Crippen molar-refractivity contribution in [2.75, 3.05) is 43.4 Å². The van der Waals surface area contributed by atoms with E-state index in [0.29, 0.717) is 12.2 Å². The molecule has 1 heterocycles. The maximum Gasteiger partial charge on any atom is 0.265 e. The first kappa shape index (κ1) is 19.2. The van der Waals surface area contributed by atoms with Gasteiger partial charge in [0.15, 0.2) is 6.10 Å². The number of benzene rings is 2. The number of ether oxygens (including phenoxy) is 1. The molecule has 1 fully saturated rings. The number of hydrogen-bond donors (Lipinski definition) is 1. The van der Waals surface area contributed by atoms with Crippen molar-refractivity contribution in [1.29, 1.82) is 0 Å². The lowest BCUT2D eigenvalue weighted by molar-refractivity contribution is -0.122. The van der Waals surface area contributed by atoms with Crippen molar-refractivity contribution in [3.8, 4) is 5.75 Å². The smallest absolute Gasteiger partial charge is 0.265 e. The van der Waals surface area contributed by atoms with Gasteiger partial charge >= 0.3 is 0 Å². The average Bonchev–Trinajstić information content (AvgIpc) is 2.69. The van der Waals surface area contributed by atoms with Gasteiger partial charge in [-0.05, 0) is 56.8 Å². The third-order valence-corrected chi connectivity index (χ3v) is 4.97. The summed E-state index contributed by atoms with van der Waals surface area (Å²) in [6.07, 6.45) is 0.101. The number of rotatable bonds is 6. The van der Waals surface area contributed by atoms with Crippen molar-refractivity contribution in [3.05, 3.63) is 54.1 Å². The molecular formula is C22H29N3O2. The van der Waals surface area contributed by atoms with Gasteiger partial charge in [0.1, 0.15) is 5.75 Å². The van der Waals surface area contributed by atoms with Crippen LogP contribution in [0, 0.1) is 6.92 Å². The Morgan fingerprint density at radius 1 is 1.04 bits per heavy atom. The summed E-state index contributed by atoms with van der Waals surface area (Å²) in [6, 6.07) is 15.8. The molecule has 1 N–H and O–H groups in total. The number of hydrogen-bond acceptors (Lipinski definition) is 4. The molecule has 2 aromatic carbocycles. The Labute approximate surface area is 161 Å². The van der Waals surface area contributed by atoms with E-state index in [0.717, 1.165) is 31.9 Å². The van der Waals surface area contributed by atoms with E-state index < -0.39 is 6.10 Å². The van der Waals surface area contributed by atoms with Gasteiger partial charge in [-0.1, -0.05) is 24.6 Å². The Bertz CT molecular complexity index is 735. The van der Waals surface area contributed by atoms with E-state index in [4.69, 9.17) is 4.74 Å². The largest absolute Gasteiger partial charge is 0.481 e. The molecule has 0 radical (unpaired) electrons. The molecule has 0 aromatic heterocycles. The van der Waals surface area contributed by atoms with Gasteiger partial charge in [-0.15, -0.1) is 0 Å². The minimum absolute atomic E-state index is 0.120. The van der Waals surface area contributed by atoms with E-state index in [9.17, 15) is 4.79 Å². The molecule has 1 atom stereocenters. The van der Waals surface area contributed by atoms with Crippen LogP contribution in [0.5, 0.6) is 5.75 Å². The predicted molar refractivity (Wildman–Crippen MR) is 111 cm³/mol. The topological polar surface area (TPSA) is 44.8 Å². The Morgan fingerprint density at radius 2 is 1.67 bits per heavy atom. The lowest BCUT2D eigenvalue weighted by atomic mass is 10.2. The van der Waals surface area contributed by atoms with Crippen LogP contribution in [0.2, 0.25) is 0 Å². The van der Waals surface area contributed by atoms with Gasteiger partial charge in [-0.2, -0.15) is 0 Å². The van der Waals surface area contributed by atoms with E-state index in [1.54, 1.807) is 0 Å². The highest BCUT2D eigenvalue weighted by molar-refractivity contribution is 5.94. The quantitative estimate of drug-likeness (QED) is 0.848. The fourth-order valence-corrected chi connectivity index (χ4v) is 3.15. The van der Waals surface area contributed by atoms with Crippen LogP contribution in [0.15, 0.2) is 48.5 Å². The van der Waals surface area contributed by atoms with Crippen LogP contribution < -0.4 is 15.0 Å². The zero-order valence-corrected chi connectivity index (χ0v) is 16.4. The summed E-state index contributed by atoms with van der Waals surface area (Å²) in [5.41, 5.74) is 3.16. The summed E-state index contributed by atoms with van der Waals surface area (Å²) >= 11 is 0. The van der Waals surface area contributed by atoms with Gasteiger partial charge in [0.2, 0.25) is 0 Å². The minimum Gasteiger partial charge on any atom is -0.481 e. The first-order valence-electron chi connectivity index (χ1n) is 9.63. The van der Waals surface area contributed by atoms with Crippen LogP contribution in [0.1, 0.15) is 18.9 Å². The summed E-state index contributed by atoms with van der Waals surface area (Å²) in [5, 5.41) is 2.97. The van der Waals surface area contributed by atoms with E-state index in [-0.39, 0.29) is 5.91 Å². The highest BCUT2D eigenvalue weighted by atomic mass is 16.5. The number of carbonyl (C=O) groups excluding carboxylic acids is 1. The van der Waals surface area contributed by atoms with Crippen LogP contribution in [-0.4, -0.2) is 50.1 Å². The van der Waals surface area contributed by atoms with Crippen molar-refractivity contribution in [3.63, 3.8) is 0 Å². The normalized spacial score (nSPS) is 16.0. The fraction of sp³-hybridized carbons (Fsp3) is 0.409. The standard InChI is InChI=1S/C22H29N3O2/c1-4-21(27-20-11-5-17(2)6-12-20)22(26)23-18-7-9-19(10-8-18)25-15-13-24(3)14-16-25/h5-12,21H,4,13-16H2,1-3H3,(H,23,26)/t21-/m0/s1. The molecule has 5 heteroatoms. The first-order valence-corrected chi connectivity index (χ1v) is 9.63. The number of likely N-dealkylation sites (N-methyl/N-ethyl adjacent to an activating group) is 1. The van der Waals surface area contributed by atoms with Gasteiger partial charge in [-0.3, -0.25) is 4.79 Å². The second kappa shape index (κ2) is 8.91. The van der Waals surface area contributed by atoms with E-state index >= 15 is 0 Å². The molecule has 1 saturated heterocycles. The van der Waals surface area contributed by atoms with Crippen LogP contribution in [0.25, 0.3) is 0 Å². The Balaban J connectivity index is 1.58. The van der Waals surface area contributed by atoms with Crippen molar-refractivity contribution in [2.24, 2.45) is 0 Å². The number of nitrogens with zero attached hydrogens (tertiary/aromatic N) is 2. The number of anilines is 2. The van der Waals surface area contributed by atoms with Crippen molar-refractivity contribution in [1.82, 2.24) is 4.90 Å². The average molecular weight is 367 g/mol. The summed E-state index contributed by atoms with van der Waals surface area (Å²) in [7, 11) is 2.15. The van der Waals surface area contributed by atoms with Crippen LogP contribution in [0.4, 0.5) is 11.4 Å². The SMILES string of the molecule is CC[C@H](Oc1ccc(C)cc1)C(=O)Nc1ccc(N2CCN(C)CC2)cc1. The van der Waals surface area contributed by atoms with E-state index in [1.165, 1.54) is 11.3 Å². The molecule has 2 aromatic rings. The summed E-state index contributed by atoms with van der Waals surface area (Å²) in [6.45, 7) is 8.20. The van der Waals surface area contributed by atoms with Gasteiger partial charge in [0.25, 0.3) is 5.91 Å². The van der Waals surface area contributed by atoms with Gasteiger partial charge < -0.3 is 19.9 Å². The number of nitrogens with one attached hydrogen (secondary N) is 1. The van der Waals surface area contributed by atoms with Crippen molar-refractivity contribution >= 4 is 17.3 Å². The molecule has 1 aliphatic heterocycles. The number of aryl methyl sites for hydroxylation is 1. The van der Waals surface area contributed by atoms with E-state index in [1.807, 2.05) is 50.2 Å². The summed E-state index contributed by atoms with van der Waals surface area (Å²) in [5.74, 6) is 0.596. The number of carbonyl (C=O) groups is 1. The van der Waals surface area contributed by atoms with Crippen LogP contribution >= 0.6 is 0 Å². The zero-order chi connectivity index (χ0) is 19.2. The second-order valence-electron chi connectivity index (χ2n) is 7.15. The van der Waals surface area contributed by atoms with Gasteiger partial charge in [0.05, 0.1) is 0 Å². The first-order chi connectivity index (χ1) is 13.0. The molecule has 0 aliphatic carbocycles. The van der Waals surface area contributed by atoms with Gasteiger partial charge in [-0.25, -0.2) is 0 Å². The molecule has 3 rings (SSSR count). The molecule has 0 spiro atoms. The minimum atomic E-state index is -0.509. The maximum absolute atomic E-state index is 12.6. The predicted octanol–water partition coefficient (Wildman–Crippen LogP) is 3.54.